The van der Waals surface area contributed by atoms with E-state index in [1.54, 1.807) is 11.0 Å². The first-order valence-electron chi connectivity index (χ1n) is 7.39. The van der Waals surface area contributed by atoms with Crippen LogP contribution >= 0.6 is 23.2 Å². The SMILES string of the molecule is CN(Cc1cccc(Cl)c1Cl)C(=O)C1(CN)CCCCC1. The first-order valence-corrected chi connectivity index (χ1v) is 8.14. The molecule has 0 radical (unpaired) electrons. The molecular weight excluding hydrogens is 307 g/mol. The third kappa shape index (κ3) is 3.53. The fourth-order valence-corrected chi connectivity index (χ4v) is 3.52. The molecule has 5 heteroatoms. The molecule has 0 atom stereocenters. The van der Waals surface area contributed by atoms with E-state index in [0.29, 0.717) is 23.1 Å². The smallest absolute Gasteiger partial charge is 0.230 e. The second-order valence-electron chi connectivity index (χ2n) is 5.92. The lowest BCUT2D eigenvalue weighted by Gasteiger charge is -2.37. The quantitative estimate of drug-likeness (QED) is 0.912. The summed E-state index contributed by atoms with van der Waals surface area (Å²) in [5, 5.41) is 1.03. The zero-order chi connectivity index (χ0) is 15.5. The highest BCUT2D eigenvalue weighted by molar-refractivity contribution is 6.42. The summed E-state index contributed by atoms with van der Waals surface area (Å²) in [5.41, 5.74) is 6.40. The summed E-state index contributed by atoms with van der Waals surface area (Å²) in [5.74, 6) is 0.126. The molecule has 0 saturated heterocycles. The summed E-state index contributed by atoms with van der Waals surface area (Å²) in [6.45, 7) is 0.874. The number of amides is 1. The molecule has 1 aliphatic rings. The molecule has 0 bridgehead atoms. The van der Waals surface area contributed by atoms with Crippen LogP contribution in [0, 0.1) is 5.41 Å². The Balaban J connectivity index is 2.13. The van der Waals surface area contributed by atoms with Gasteiger partial charge in [-0.15, -0.1) is 0 Å². The number of nitrogens with zero attached hydrogens (tertiary/aromatic N) is 1. The van der Waals surface area contributed by atoms with Crippen molar-refractivity contribution in [1.82, 2.24) is 4.90 Å². The number of halogens is 2. The van der Waals surface area contributed by atoms with Crippen LogP contribution in [0.2, 0.25) is 10.0 Å². The molecule has 1 fully saturated rings. The van der Waals surface area contributed by atoms with Gasteiger partial charge in [-0.25, -0.2) is 0 Å². The van der Waals surface area contributed by atoms with Gasteiger partial charge in [-0.1, -0.05) is 54.6 Å². The third-order valence-corrected chi connectivity index (χ3v) is 5.30. The van der Waals surface area contributed by atoms with Gasteiger partial charge in [-0.05, 0) is 24.5 Å². The van der Waals surface area contributed by atoms with E-state index in [2.05, 4.69) is 0 Å². The second kappa shape index (κ2) is 6.99. The Labute approximate surface area is 136 Å². The molecule has 2 N–H and O–H groups in total. The van der Waals surface area contributed by atoms with Gasteiger partial charge in [0.05, 0.1) is 15.5 Å². The van der Waals surface area contributed by atoms with Crippen molar-refractivity contribution in [2.75, 3.05) is 13.6 Å². The fraction of sp³-hybridized carbons (Fsp3) is 0.562. The number of benzene rings is 1. The van der Waals surface area contributed by atoms with Gasteiger partial charge in [-0.2, -0.15) is 0 Å². The molecule has 3 nitrogen and oxygen atoms in total. The van der Waals surface area contributed by atoms with Crippen molar-refractivity contribution in [2.24, 2.45) is 11.1 Å². The van der Waals surface area contributed by atoms with Crippen LogP contribution in [-0.2, 0) is 11.3 Å². The van der Waals surface area contributed by atoms with E-state index < -0.39 is 5.41 Å². The van der Waals surface area contributed by atoms with Crippen molar-refractivity contribution in [3.05, 3.63) is 33.8 Å². The van der Waals surface area contributed by atoms with Crippen LogP contribution in [0.4, 0.5) is 0 Å². The van der Waals surface area contributed by atoms with Crippen LogP contribution < -0.4 is 5.73 Å². The largest absolute Gasteiger partial charge is 0.341 e. The predicted octanol–water partition coefficient (Wildman–Crippen LogP) is 3.86. The highest BCUT2D eigenvalue weighted by Gasteiger charge is 2.39. The Kier molecular flexibility index (Phi) is 5.53. The number of hydrogen-bond acceptors (Lipinski definition) is 2. The molecule has 1 aromatic carbocycles. The second-order valence-corrected chi connectivity index (χ2v) is 6.70. The van der Waals surface area contributed by atoms with Crippen LogP contribution in [-0.4, -0.2) is 24.4 Å². The first kappa shape index (κ1) is 16.6. The molecular formula is C16H22Cl2N2O. The zero-order valence-electron chi connectivity index (χ0n) is 12.4. The Bertz CT molecular complexity index is 513. The van der Waals surface area contributed by atoms with E-state index in [4.69, 9.17) is 28.9 Å². The van der Waals surface area contributed by atoms with Crippen molar-refractivity contribution < 1.29 is 4.79 Å². The van der Waals surface area contributed by atoms with Crippen LogP contribution in [0.3, 0.4) is 0 Å². The van der Waals surface area contributed by atoms with Gasteiger partial charge in [0.15, 0.2) is 0 Å². The minimum absolute atomic E-state index is 0.126. The lowest BCUT2D eigenvalue weighted by molar-refractivity contribution is -0.142. The van der Waals surface area contributed by atoms with Crippen molar-refractivity contribution >= 4 is 29.1 Å². The van der Waals surface area contributed by atoms with Gasteiger partial charge in [0.2, 0.25) is 5.91 Å². The average molecular weight is 329 g/mol. The summed E-state index contributed by atoms with van der Waals surface area (Å²) in [7, 11) is 1.81. The number of nitrogens with two attached hydrogens (primary N) is 1. The molecule has 116 valence electrons. The predicted molar refractivity (Wildman–Crippen MR) is 87.5 cm³/mol. The van der Waals surface area contributed by atoms with Crippen molar-refractivity contribution in [3.63, 3.8) is 0 Å². The van der Waals surface area contributed by atoms with Gasteiger partial charge < -0.3 is 10.6 Å². The molecule has 0 unspecified atom stereocenters. The summed E-state index contributed by atoms with van der Waals surface area (Å²) < 4.78 is 0. The normalized spacial score (nSPS) is 17.5. The lowest BCUT2D eigenvalue weighted by atomic mass is 9.73. The van der Waals surface area contributed by atoms with E-state index in [1.807, 2.05) is 19.2 Å². The maximum Gasteiger partial charge on any atom is 0.230 e. The van der Waals surface area contributed by atoms with E-state index >= 15 is 0 Å². The Morgan fingerprint density at radius 1 is 1.29 bits per heavy atom. The van der Waals surface area contributed by atoms with Crippen molar-refractivity contribution in [1.29, 1.82) is 0 Å². The molecule has 1 saturated carbocycles. The number of carbonyl (C=O) groups excluding carboxylic acids is 1. The first-order chi connectivity index (χ1) is 10.00. The van der Waals surface area contributed by atoms with Gasteiger partial charge in [0.1, 0.15) is 0 Å². The van der Waals surface area contributed by atoms with Gasteiger partial charge in [0, 0.05) is 20.1 Å². The molecule has 2 rings (SSSR count). The standard InChI is InChI=1S/C16H22Cl2N2O/c1-20(10-12-6-5-7-13(17)14(12)18)15(21)16(11-19)8-3-2-4-9-16/h5-7H,2-4,8-11,19H2,1H3. The van der Waals surface area contributed by atoms with E-state index in [0.717, 1.165) is 31.2 Å². The average Bonchev–Trinajstić information content (AvgIpc) is 2.51. The maximum atomic E-state index is 12.8. The van der Waals surface area contributed by atoms with Gasteiger partial charge in [-0.3, -0.25) is 4.79 Å². The van der Waals surface area contributed by atoms with E-state index in [1.165, 1.54) is 6.42 Å². The molecule has 21 heavy (non-hydrogen) atoms. The monoisotopic (exact) mass is 328 g/mol. The topological polar surface area (TPSA) is 46.3 Å². The molecule has 0 aromatic heterocycles. The fourth-order valence-electron chi connectivity index (χ4n) is 3.14. The molecule has 0 heterocycles. The number of rotatable bonds is 4. The number of hydrogen-bond donors (Lipinski definition) is 1. The summed E-state index contributed by atoms with van der Waals surface area (Å²) in [4.78, 5) is 14.6. The van der Waals surface area contributed by atoms with Crippen molar-refractivity contribution in [2.45, 2.75) is 38.6 Å². The molecule has 1 aromatic rings. The van der Waals surface area contributed by atoms with E-state index in [-0.39, 0.29) is 5.91 Å². The Morgan fingerprint density at radius 3 is 2.57 bits per heavy atom. The molecule has 1 aliphatic carbocycles. The summed E-state index contributed by atoms with van der Waals surface area (Å²) >= 11 is 12.2. The van der Waals surface area contributed by atoms with Crippen LogP contribution in [0.15, 0.2) is 18.2 Å². The van der Waals surface area contributed by atoms with Crippen LogP contribution in [0.5, 0.6) is 0 Å². The zero-order valence-corrected chi connectivity index (χ0v) is 13.9. The minimum Gasteiger partial charge on any atom is -0.341 e. The highest BCUT2D eigenvalue weighted by Crippen LogP contribution is 2.37. The van der Waals surface area contributed by atoms with Gasteiger partial charge >= 0.3 is 0 Å². The van der Waals surface area contributed by atoms with Crippen LogP contribution in [0.1, 0.15) is 37.7 Å². The van der Waals surface area contributed by atoms with Crippen LogP contribution in [0.25, 0.3) is 0 Å². The highest BCUT2D eigenvalue weighted by atomic mass is 35.5. The summed E-state index contributed by atoms with van der Waals surface area (Å²) in [6, 6.07) is 5.49. The maximum absolute atomic E-state index is 12.8. The molecule has 0 aliphatic heterocycles. The lowest BCUT2D eigenvalue weighted by Crippen LogP contribution is -2.47. The third-order valence-electron chi connectivity index (χ3n) is 4.44. The Morgan fingerprint density at radius 2 is 1.95 bits per heavy atom. The number of carbonyl (C=O) groups is 1. The Hall–Kier alpha value is -0.770. The van der Waals surface area contributed by atoms with Gasteiger partial charge in [0.25, 0.3) is 0 Å². The molecule has 0 spiro atoms. The van der Waals surface area contributed by atoms with E-state index in [9.17, 15) is 4.79 Å². The van der Waals surface area contributed by atoms with Crippen molar-refractivity contribution in [3.8, 4) is 0 Å². The minimum atomic E-state index is -0.391. The summed E-state index contributed by atoms with van der Waals surface area (Å²) in [6.07, 6.45) is 5.12. The molecule has 1 amide bonds.